The largest absolute Gasteiger partial charge is 0.444 e. The van der Waals surface area contributed by atoms with E-state index < -0.39 is 11.2 Å². The molecule has 0 aromatic carbocycles. The van der Waals surface area contributed by atoms with E-state index in [0.717, 1.165) is 51.9 Å². The van der Waals surface area contributed by atoms with Crippen molar-refractivity contribution < 1.29 is 29.3 Å². The Morgan fingerprint density at radius 2 is 0.971 bits per heavy atom. The summed E-state index contributed by atoms with van der Waals surface area (Å²) in [7, 11) is 0. The van der Waals surface area contributed by atoms with Gasteiger partial charge in [-0.3, -0.25) is 0 Å². The quantitative estimate of drug-likeness (QED) is 0.606. The molecule has 0 radical (unpaired) electrons. The van der Waals surface area contributed by atoms with E-state index in [4.69, 9.17) is 19.7 Å². The molecule has 2 aliphatic rings. The Morgan fingerprint density at radius 3 is 1.18 bits per heavy atom. The van der Waals surface area contributed by atoms with Gasteiger partial charge in [-0.05, 0) is 90.9 Å². The molecule has 2 aliphatic heterocycles. The summed E-state index contributed by atoms with van der Waals surface area (Å²) >= 11 is 0. The average Bonchev–Trinajstić information content (AvgIpc) is 2.76. The molecule has 2 amide bonds. The lowest BCUT2D eigenvalue weighted by molar-refractivity contribution is 0.0137. The van der Waals surface area contributed by atoms with Gasteiger partial charge in [0.2, 0.25) is 0 Å². The smallest absolute Gasteiger partial charge is 0.410 e. The number of carbonyl (C=O) groups is 2. The summed E-state index contributed by atoms with van der Waals surface area (Å²) in [6.45, 7) is 18.8. The molecule has 2 N–H and O–H groups in total. The molecular weight excluding hydrogens is 436 g/mol. The summed E-state index contributed by atoms with van der Waals surface area (Å²) in [6.07, 6.45) is 3.41. The number of aliphatic hydroxyl groups is 2. The van der Waals surface area contributed by atoms with Gasteiger partial charge >= 0.3 is 12.2 Å². The zero-order valence-electron chi connectivity index (χ0n) is 22.8. The minimum Gasteiger partial charge on any atom is -0.444 e. The fourth-order valence-corrected chi connectivity index (χ4v) is 4.25. The first-order valence-electron chi connectivity index (χ1n) is 12.8. The van der Waals surface area contributed by atoms with Crippen LogP contribution in [0.25, 0.3) is 0 Å². The van der Waals surface area contributed by atoms with Crippen LogP contribution in [0.4, 0.5) is 9.59 Å². The highest BCUT2D eigenvalue weighted by molar-refractivity contribution is 5.68. The second kappa shape index (κ2) is 13.5. The second-order valence-electron chi connectivity index (χ2n) is 11.9. The molecule has 2 atom stereocenters. The SMILES string of the molecule is C[C@@H](CO)C1CCN(C(=O)OC(C)(C)C)CC1.C[C@H](CO)C1CCN(C(=O)OC(C)(C)C)CC1. The third kappa shape index (κ3) is 11.3. The Kier molecular flexibility index (Phi) is 12.1. The maximum atomic E-state index is 11.8. The van der Waals surface area contributed by atoms with Gasteiger partial charge in [0, 0.05) is 39.4 Å². The van der Waals surface area contributed by atoms with Crippen molar-refractivity contribution >= 4 is 12.2 Å². The highest BCUT2D eigenvalue weighted by Crippen LogP contribution is 2.26. The number of ether oxygens (including phenoxy) is 2. The standard InChI is InChI=1S/2C13H25NO3/c2*1-10(9-15)11-5-7-14(8-6-11)12(16)17-13(2,3)4/h2*10-11,15H,5-9H2,1-4H3/t2*10-/m10/s1. The van der Waals surface area contributed by atoms with Crippen LogP contribution in [-0.2, 0) is 9.47 Å². The van der Waals surface area contributed by atoms with Crippen LogP contribution in [0.5, 0.6) is 0 Å². The summed E-state index contributed by atoms with van der Waals surface area (Å²) < 4.78 is 10.7. The number of likely N-dealkylation sites (tertiary alicyclic amines) is 2. The minimum absolute atomic E-state index is 0.215. The lowest BCUT2D eigenvalue weighted by Crippen LogP contribution is -2.42. The molecule has 0 bridgehead atoms. The minimum atomic E-state index is -0.424. The molecular formula is C26H50N2O6. The van der Waals surface area contributed by atoms with E-state index in [1.807, 2.05) is 41.5 Å². The molecule has 0 aromatic heterocycles. The Labute approximate surface area is 207 Å². The fraction of sp³-hybridized carbons (Fsp3) is 0.923. The maximum absolute atomic E-state index is 11.8. The van der Waals surface area contributed by atoms with Gasteiger partial charge in [0.15, 0.2) is 0 Å². The zero-order chi connectivity index (χ0) is 26.1. The van der Waals surface area contributed by atoms with E-state index in [0.29, 0.717) is 23.7 Å². The van der Waals surface area contributed by atoms with E-state index in [1.54, 1.807) is 9.80 Å². The highest BCUT2D eigenvalue weighted by atomic mass is 16.6. The summed E-state index contributed by atoms with van der Waals surface area (Å²) in [6, 6.07) is 0. The van der Waals surface area contributed by atoms with Crippen LogP contribution >= 0.6 is 0 Å². The Hall–Kier alpha value is -1.54. The molecule has 0 aromatic rings. The number of amides is 2. The van der Waals surface area contributed by atoms with Crippen LogP contribution in [0.3, 0.4) is 0 Å². The van der Waals surface area contributed by atoms with Crippen molar-refractivity contribution in [3.63, 3.8) is 0 Å². The predicted molar refractivity (Wildman–Crippen MR) is 134 cm³/mol. The van der Waals surface area contributed by atoms with Gasteiger partial charge in [-0.25, -0.2) is 9.59 Å². The van der Waals surface area contributed by atoms with Crippen molar-refractivity contribution in [1.82, 2.24) is 9.80 Å². The first-order chi connectivity index (χ1) is 15.7. The number of aliphatic hydroxyl groups excluding tert-OH is 2. The molecule has 2 saturated heterocycles. The molecule has 8 nitrogen and oxygen atoms in total. The van der Waals surface area contributed by atoms with Gasteiger partial charge in [-0.15, -0.1) is 0 Å². The maximum Gasteiger partial charge on any atom is 0.410 e. The number of hydrogen-bond acceptors (Lipinski definition) is 6. The van der Waals surface area contributed by atoms with Crippen LogP contribution < -0.4 is 0 Å². The summed E-state index contributed by atoms with van der Waals surface area (Å²) in [4.78, 5) is 27.2. The van der Waals surface area contributed by atoms with Gasteiger partial charge < -0.3 is 29.5 Å². The van der Waals surface area contributed by atoms with Crippen molar-refractivity contribution in [3.8, 4) is 0 Å². The highest BCUT2D eigenvalue weighted by Gasteiger charge is 2.30. The monoisotopic (exact) mass is 486 g/mol. The average molecular weight is 487 g/mol. The molecule has 2 fully saturated rings. The van der Waals surface area contributed by atoms with E-state index >= 15 is 0 Å². The molecule has 0 aliphatic carbocycles. The van der Waals surface area contributed by atoms with Gasteiger partial charge in [0.25, 0.3) is 0 Å². The first kappa shape index (κ1) is 30.5. The molecule has 200 valence electrons. The Bertz CT molecular complexity index is 558. The van der Waals surface area contributed by atoms with Crippen molar-refractivity contribution in [2.75, 3.05) is 39.4 Å². The first-order valence-corrected chi connectivity index (χ1v) is 12.8. The fourth-order valence-electron chi connectivity index (χ4n) is 4.25. The summed E-state index contributed by atoms with van der Waals surface area (Å²) in [5.74, 6) is 1.71. The van der Waals surface area contributed by atoms with Crippen molar-refractivity contribution in [3.05, 3.63) is 0 Å². The van der Waals surface area contributed by atoms with Crippen LogP contribution in [0.1, 0.15) is 81.1 Å². The third-order valence-electron chi connectivity index (χ3n) is 6.57. The van der Waals surface area contributed by atoms with E-state index in [1.165, 1.54) is 0 Å². The molecule has 2 heterocycles. The number of carbonyl (C=O) groups excluding carboxylic acids is 2. The number of rotatable bonds is 4. The van der Waals surface area contributed by atoms with Crippen LogP contribution in [0.15, 0.2) is 0 Å². The summed E-state index contributed by atoms with van der Waals surface area (Å²) in [5, 5.41) is 18.2. The van der Waals surface area contributed by atoms with E-state index in [2.05, 4.69) is 13.8 Å². The number of nitrogens with zero attached hydrogens (tertiary/aromatic N) is 2. The lowest BCUT2D eigenvalue weighted by Gasteiger charge is -2.35. The van der Waals surface area contributed by atoms with Crippen LogP contribution in [-0.4, -0.2) is 82.8 Å². The Balaban J connectivity index is 0.000000340. The molecule has 0 saturated carbocycles. The molecule has 0 spiro atoms. The number of piperidine rings is 2. The number of hydrogen-bond donors (Lipinski definition) is 2. The van der Waals surface area contributed by atoms with Gasteiger partial charge in [0.1, 0.15) is 11.2 Å². The van der Waals surface area contributed by atoms with Crippen molar-refractivity contribution in [2.24, 2.45) is 23.7 Å². The van der Waals surface area contributed by atoms with Crippen molar-refractivity contribution in [2.45, 2.75) is 92.3 Å². The Morgan fingerprint density at radius 1 is 0.706 bits per heavy atom. The van der Waals surface area contributed by atoms with E-state index in [9.17, 15) is 9.59 Å². The molecule has 8 heteroatoms. The van der Waals surface area contributed by atoms with Crippen LogP contribution in [0.2, 0.25) is 0 Å². The molecule has 34 heavy (non-hydrogen) atoms. The van der Waals surface area contributed by atoms with Gasteiger partial charge in [0.05, 0.1) is 0 Å². The van der Waals surface area contributed by atoms with Crippen molar-refractivity contribution in [1.29, 1.82) is 0 Å². The van der Waals surface area contributed by atoms with Gasteiger partial charge in [-0.1, -0.05) is 13.8 Å². The van der Waals surface area contributed by atoms with Crippen LogP contribution in [0, 0.1) is 23.7 Å². The zero-order valence-corrected chi connectivity index (χ0v) is 22.8. The lowest BCUT2D eigenvalue weighted by atomic mass is 9.86. The third-order valence-corrected chi connectivity index (χ3v) is 6.57. The predicted octanol–water partition coefficient (Wildman–Crippen LogP) is 4.52. The molecule has 0 unspecified atom stereocenters. The molecule has 2 rings (SSSR count). The van der Waals surface area contributed by atoms with E-state index in [-0.39, 0.29) is 25.4 Å². The topological polar surface area (TPSA) is 99.5 Å². The summed E-state index contributed by atoms with van der Waals surface area (Å²) in [5.41, 5.74) is -0.849. The normalized spacial score (nSPS) is 20.2. The van der Waals surface area contributed by atoms with Gasteiger partial charge in [-0.2, -0.15) is 0 Å². The second-order valence-corrected chi connectivity index (χ2v) is 11.9.